The van der Waals surface area contributed by atoms with Crippen molar-refractivity contribution in [2.24, 2.45) is 5.10 Å². The Labute approximate surface area is 161 Å². The van der Waals surface area contributed by atoms with Crippen molar-refractivity contribution >= 4 is 28.6 Å². The van der Waals surface area contributed by atoms with Gasteiger partial charge in [0.25, 0.3) is 5.91 Å². The fourth-order valence-electron chi connectivity index (χ4n) is 2.69. The van der Waals surface area contributed by atoms with Crippen molar-refractivity contribution < 1.29 is 14.5 Å². The van der Waals surface area contributed by atoms with Gasteiger partial charge in [0.1, 0.15) is 0 Å². The van der Waals surface area contributed by atoms with E-state index in [-0.39, 0.29) is 18.0 Å². The zero-order valence-electron chi connectivity index (χ0n) is 15.3. The second-order valence-electron chi connectivity index (χ2n) is 6.10. The smallest absolute Gasteiger partial charge is 0.311 e. The van der Waals surface area contributed by atoms with Crippen molar-refractivity contribution in [2.75, 3.05) is 6.61 Å². The molecule has 1 N–H and O–H groups in total. The van der Waals surface area contributed by atoms with E-state index in [9.17, 15) is 14.9 Å². The van der Waals surface area contributed by atoms with Gasteiger partial charge in [-0.25, -0.2) is 5.43 Å². The van der Waals surface area contributed by atoms with Gasteiger partial charge >= 0.3 is 5.69 Å². The Morgan fingerprint density at radius 3 is 2.68 bits per heavy atom. The highest BCUT2D eigenvalue weighted by molar-refractivity contribution is 5.90. The highest BCUT2D eigenvalue weighted by atomic mass is 16.6. The zero-order valence-corrected chi connectivity index (χ0v) is 15.3. The molecular weight excluding hydrogens is 358 g/mol. The van der Waals surface area contributed by atoms with Crippen LogP contribution >= 0.6 is 0 Å². The summed E-state index contributed by atoms with van der Waals surface area (Å²) in [5.74, 6) is -0.457. The monoisotopic (exact) mass is 377 g/mol. The summed E-state index contributed by atoms with van der Waals surface area (Å²) in [4.78, 5) is 22.5. The number of fused-ring (bicyclic) bond motifs is 1. The molecule has 142 valence electrons. The van der Waals surface area contributed by atoms with E-state index < -0.39 is 10.8 Å². The van der Waals surface area contributed by atoms with E-state index in [2.05, 4.69) is 10.5 Å². The molecule has 1 amide bonds. The molecule has 3 aromatic carbocycles. The number of hydrogen-bond acceptors (Lipinski definition) is 5. The molecule has 0 unspecified atom stereocenters. The SMILES string of the molecule is CCc1ccc(OCC(=O)N/N=C\c2ccc3ccccc3c2)c([N+](=O)[O-])c1. The van der Waals surface area contributed by atoms with Crippen molar-refractivity contribution in [3.63, 3.8) is 0 Å². The van der Waals surface area contributed by atoms with E-state index in [0.29, 0.717) is 6.42 Å². The normalized spacial score (nSPS) is 10.9. The van der Waals surface area contributed by atoms with Crippen LogP contribution in [0.2, 0.25) is 0 Å². The number of ether oxygens (including phenoxy) is 1. The number of nitro groups is 1. The minimum absolute atomic E-state index is 0.0517. The zero-order chi connectivity index (χ0) is 19.9. The molecule has 0 atom stereocenters. The van der Waals surface area contributed by atoms with Gasteiger partial charge in [-0.1, -0.05) is 49.4 Å². The molecule has 7 heteroatoms. The quantitative estimate of drug-likeness (QED) is 0.384. The molecule has 0 aliphatic carbocycles. The van der Waals surface area contributed by atoms with Gasteiger partial charge in [0.2, 0.25) is 0 Å². The largest absolute Gasteiger partial charge is 0.477 e. The maximum absolute atomic E-state index is 11.9. The van der Waals surface area contributed by atoms with Gasteiger partial charge in [0.15, 0.2) is 12.4 Å². The van der Waals surface area contributed by atoms with Crippen LogP contribution in [0.1, 0.15) is 18.1 Å². The Morgan fingerprint density at radius 1 is 1.14 bits per heavy atom. The third kappa shape index (κ3) is 4.70. The van der Waals surface area contributed by atoms with Crippen LogP contribution < -0.4 is 10.2 Å². The number of rotatable bonds is 7. The maximum atomic E-state index is 11.9. The third-order valence-corrected chi connectivity index (χ3v) is 4.16. The lowest BCUT2D eigenvalue weighted by molar-refractivity contribution is -0.385. The molecule has 7 nitrogen and oxygen atoms in total. The molecule has 0 bridgehead atoms. The first-order chi connectivity index (χ1) is 13.6. The average molecular weight is 377 g/mol. The molecular formula is C21H19N3O4. The number of nitro benzene ring substituents is 1. The van der Waals surface area contributed by atoms with Gasteiger partial charge in [-0.15, -0.1) is 0 Å². The molecule has 0 saturated heterocycles. The molecule has 0 radical (unpaired) electrons. The summed E-state index contributed by atoms with van der Waals surface area (Å²) >= 11 is 0. The molecule has 0 heterocycles. The van der Waals surface area contributed by atoms with E-state index in [0.717, 1.165) is 21.9 Å². The first kappa shape index (κ1) is 19.0. The Morgan fingerprint density at radius 2 is 1.93 bits per heavy atom. The summed E-state index contributed by atoms with van der Waals surface area (Å²) in [5, 5.41) is 17.3. The van der Waals surface area contributed by atoms with Crippen LogP contribution in [0.3, 0.4) is 0 Å². The molecule has 0 spiro atoms. The topological polar surface area (TPSA) is 93.8 Å². The molecule has 0 aromatic heterocycles. The number of hydrogen-bond donors (Lipinski definition) is 1. The summed E-state index contributed by atoms with van der Waals surface area (Å²) < 4.78 is 5.29. The van der Waals surface area contributed by atoms with Crippen molar-refractivity contribution in [1.82, 2.24) is 5.43 Å². The first-order valence-corrected chi connectivity index (χ1v) is 8.77. The number of carbonyl (C=O) groups is 1. The highest BCUT2D eigenvalue weighted by Gasteiger charge is 2.16. The van der Waals surface area contributed by atoms with Crippen LogP contribution in [-0.4, -0.2) is 23.7 Å². The molecule has 0 saturated carbocycles. The van der Waals surface area contributed by atoms with E-state index in [1.165, 1.54) is 18.3 Å². The van der Waals surface area contributed by atoms with Gasteiger partial charge in [-0.3, -0.25) is 14.9 Å². The predicted octanol–water partition coefficient (Wildman–Crippen LogP) is 3.84. The minimum atomic E-state index is -0.524. The van der Waals surface area contributed by atoms with E-state index in [4.69, 9.17) is 4.74 Å². The predicted molar refractivity (Wildman–Crippen MR) is 108 cm³/mol. The lowest BCUT2D eigenvalue weighted by Crippen LogP contribution is -2.24. The molecule has 0 aliphatic rings. The maximum Gasteiger partial charge on any atom is 0.311 e. The molecule has 28 heavy (non-hydrogen) atoms. The summed E-state index contributed by atoms with van der Waals surface area (Å²) in [7, 11) is 0. The Hall–Kier alpha value is -3.74. The van der Waals surface area contributed by atoms with E-state index >= 15 is 0 Å². The Bertz CT molecular complexity index is 1050. The van der Waals surface area contributed by atoms with Crippen LogP contribution in [0.15, 0.2) is 65.8 Å². The number of benzene rings is 3. The second-order valence-corrected chi connectivity index (χ2v) is 6.10. The van der Waals surface area contributed by atoms with Crippen LogP contribution in [0, 0.1) is 10.1 Å². The average Bonchev–Trinajstić information content (AvgIpc) is 2.72. The van der Waals surface area contributed by atoms with Gasteiger partial charge in [-0.05, 0) is 40.5 Å². The number of amides is 1. The van der Waals surface area contributed by atoms with Crippen LogP contribution in [0.4, 0.5) is 5.69 Å². The summed E-state index contributed by atoms with van der Waals surface area (Å²) in [6, 6.07) is 18.4. The van der Waals surface area contributed by atoms with Crippen molar-refractivity contribution in [3.05, 3.63) is 81.9 Å². The standard InChI is InChI=1S/C21H19N3O4/c1-2-15-8-10-20(19(12-15)24(26)27)28-14-21(25)23-22-13-16-7-9-17-5-3-4-6-18(17)11-16/h3-13H,2,14H2,1H3,(H,23,25)/b22-13-. The van der Waals surface area contributed by atoms with E-state index in [1.54, 1.807) is 6.07 Å². The van der Waals surface area contributed by atoms with Crippen molar-refractivity contribution in [2.45, 2.75) is 13.3 Å². The highest BCUT2D eigenvalue weighted by Crippen LogP contribution is 2.28. The lowest BCUT2D eigenvalue weighted by Gasteiger charge is -2.07. The number of nitrogens with zero attached hydrogens (tertiary/aromatic N) is 2. The van der Waals surface area contributed by atoms with E-state index in [1.807, 2.05) is 49.4 Å². The van der Waals surface area contributed by atoms with Crippen LogP contribution in [0.25, 0.3) is 10.8 Å². The second kappa shape index (κ2) is 8.77. The van der Waals surface area contributed by atoms with Crippen molar-refractivity contribution in [3.8, 4) is 5.75 Å². The fraction of sp³-hybridized carbons (Fsp3) is 0.143. The summed E-state index contributed by atoms with van der Waals surface area (Å²) in [5.41, 5.74) is 3.86. The van der Waals surface area contributed by atoms with Gasteiger partial charge < -0.3 is 4.74 Å². The molecule has 3 rings (SSSR count). The fourth-order valence-corrected chi connectivity index (χ4v) is 2.69. The number of nitrogens with one attached hydrogen (secondary N) is 1. The number of carbonyl (C=O) groups excluding carboxylic acids is 1. The summed E-state index contributed by atoms with van der Waals surface area (Å²) in [6.45, 7) is 1.53. The molecule has 0 fully saturated rings. The number of hydrazone groups is 1. The number of aryl methyl sites for hydroxylation is 1. The first-order valence-electron chi connectivity index (χ1n) is 8.77. The van der Waals surface area contributed by atoms with Gasteiger partial charge in [0, 0.05) is 6.07 Å². The molecule has 0 aliphatic heterocycles. The van der Waals surface area contributed by atoms with Crippen molar-refractivity contribution in [1.29, 1.82) is 0 Å². The van der Waals surface area contributed by atoms with Crippen LogP contribution in [-0.2, 0) is 11.2 Å². The molecule has 3 aromatic rings. The lowest BCUT2D eigenvalue weighted by atomic mass is 10.1. The van der Waals surface area contributed by atoms with Crippen LogP contribution in [0.5, 0.6) is 5.75 Å². The minimum Gasteiger partial charge on any atom is -0.477 e. The Balaban J connectivity index is 1.58. The van der Waals surface area contributed by atoms with Gasteiger partial charge in [-0.2, -0.15) is 5.10 Å². The Kier molecular flexibility index (Phi) is 5.96. The van der Waals surface area contributed by atoms with Gasteiger partial charge in [0.05, 0.1) is 11.1 Å². The summed E-state index contributed by atoms with van der Waals surface area (Å²) in [6.07, 6.45) is 2.20. The third-order valence-electron chi connectivity index (χ3n) is 4.16.